The zero-order chi connectivity index (χ0) is 18.9. The smallest absolute Gasteiger partial charge is 0.251 e. The average Bonchev–Trinajstić information content (AvgIpc) is 3.04. The second kappa shape index (κ2) is 7.33. The second-order valence-corrected chi connectivity index (χ2v) is 6.79. The maximum absolute atomic E-state index is 13.0. The first-order valence-electron chi connectivity index (χ1n) is 8.34. The molecule has 0 N–H and O–H groups in total. The number of hydrogen-bond donors (Lipinski definition) is 0. The first-order valence-corrected chi connectivity index (χ1v) is 9.10. The molecular formula is C19H19Cl2NO4. The number of halogens is 2. The van der Waals surface area contributed by atoms with Gasteiger partial charge in [-0.15, -0.1) is 0 Å². The van der Waals surface area contributed by atoms with Gasteiger partial charge in [-0.2, -0.15) is 0 Å². The maximum atomic E-state index is 13.0. The Morgan fingerprint density at radius 2 is 1.73 bits per heavy atom. The fraction of sp³-hybridized carbons (Fsp3) is 0.368. The minimum atomic E-state index is -0.794. The minimum Gasteiger partial charge on any atom is -0.493 e. The molecule has 0 saturated heterocycles. The Hall–Kier alpha value is -1.98. The van der Waals surface area contributed by atoms with Gasteiger partial charge in [0.1, 0.15) is 0 Å². The van der Waals surface area contributed by atoms with E-state index in [0.29, 0.717) is 51.3 Å². The van der Waals surface area contributed by atoms with Crippen molar-refractivity contribution in [3.8, 4) is 17.2 Å². The van der Waals surface area contributed by atoms with Crippen molar-refractivity contribution in [3.05, 3.63) is 45.7 Å². The molecule has 0 fully saturated rings. The van der Waals surface area contributed by atoms with Gasteiger partial charge in [0.05, 0.1) is 22.7 Å². The van der Waals surface area contributed by atoms with Gasteiger partial charge in [0.15, 0.2) is 17.3 Å². The molecule has 0 amide bonds. The van der Waals surface area contributed by atoms with E-state index in [0.717, 1.165) is 0 Å². The number of Topliss-reactive ketones (excluding diaryl/α,β-unsaturated/α-hetero) is 1. The molecule has 0 atom stereocenters. The molecule has 7 heteroatoms. The summed E-state index contributed by atoms with van der Waals surface area (Å²) in [5, 5.41) is 0.703. The van der Waals surface area contributed by atoms with Crippen LogP contribution in [0.25, 0.3) is 0 Å². The van der Waals surface area contributed by atoms with Crippen LogP contribution in [0.3, 0.4) is 0 Å². The monoisotopic (exact) mass is 395 g/mol. The first-order chi connectivity index (χ1) is 12.4. The summed E-state index contributed by atoms with van der Waals surface area (Å²) < 4.78 is 17.5. The molecule has 5 nitrogen and oxygen atoms in total. The van der Waals surface area contributed by atoms with Crippen LogP contribution in [0.4, 0.5) is 0 Å². The first kappa shape index (κ1) is 18.8. The van der Waals surface area contributed by atoms with E-state index in [1.54, 1.807) is 19.2 Å². The number of aromatic nitrogens is 1. The highest BCUT2D eigenvalue weighted by molar-refractivity contribution is 6.36. The lowest BCUT2D eigenvalue weighted by Crippen LogP contribution is -2.36. The van der Waals surface area contributed by atoms with Gasteiger partial charge in [0, 0.05) is 37.2 Å². The van der Waals surface area contributed by atoms with Crippen LogP contribution in [0, 0.1) is 0 Å². The lowest BCUT2D eigenvalue weighted by atomic mass is 10.0. The van der Waals surface area contributed by atoms with Gasteiger partial charge in [0.2, 0.25) is 5.75 Å². The van der Waals surface area contributed by atoms with Crippen LogP contribution in [-0.4, -0.2) is 23.7 Å². The summed E-state index contributed by atoms with van der Waals surface area (Å²) in [6, 6.07) is 3.38. The van der Waals surface area contributed by atoms with Gasteiger partial charge in [-0.05, 0) is 12.1 Å². The third-order valence-electron chi connectivity index (χ3n) is 4.54. The Balaban J connectivity index is 2.00. The summed E-state index contributed by atoms with van der Waals surface area (Å²) in [5.41, 5.74) is 0.947. The Kier molecular flexibility index (Phi) is 5.30. The minimum absolute atomic E-state index is 0.0353. The third kappa shape index (κ3) is 3.21. The number of benzene rings is 1. The molecule has 26 heavy (non-hydrogen) atoms. The van der Waals surface area contributed by atoms with Gasteiger partial charge in [-0.1, -0.05) is 37.0 Å². The van der Waals surface area contributed by atoms with Crippen molar-refractivity contribution in [3.63, 3.8) is 0 Å². The van der Waals surface area contributed by atoms with E-state index in [1.807, 2.05) is 13.8 Å². The van der Waals surface area contributed by atoms with Crippen molar-refractivity contribution in [2.24, 2.45) is 0 Å². The Morgan fingerprint density at radius 3 is 2.31 bits per heavy atom. The Labute approximate surface area is 162 Å². The van der Waals surface area contributed by atoms with E-state index in [1.165, 1.54) is 12.4 Å². The van der Waals surface area contributed by atoms with Crippen LogP contribution in [0.2, 0.25) is 10.0 Å². The van der Waals surface area contributed by atoms with Crippen LogP contribution < -0.4 is 14.2 Å². The van der Waals surface area contributed by atoms with Crippen LogP contribution in [0.5, 0.6) is 17.2 Å². The van der Waals surface area contributed by atoms with Crippen LogP contribution in [0.15, 0.2) is 24.5 Å². The number of ketones is 1. The van der Waals surface area contributed by atoms with Gasteiger partial charge in [0.25, 0.3) is 5.79 Å². The van der Waals surface area contributed by atoms with Gasteiger partial charge in [-0.3, -0.25) is 9.78 Å². The number of carbonyl (C=O) groups excluding carboxylic acids is 1. The van der Waals surface area contributed by atoms with Gasteiger partial charge < -0.3 is 14.2 Å². The molecule has 1 aliphatic rings. The van der Waals surface area contributed by atoms with Crippen molar-refractivity contribution in [2.75, 3.05) is 7.11 Å². The van der Waals surface area contributed by atoms with E-state index >= 15 is 0 Å². The standard InChI is InChI=1S/C19H19Cl2NO4/c1-4-19(5-2)25-17-11(6-7-16(24-3)18(17)26-19)15(23)8-12-13(20)9-22-10-14(12)21/h6-7,9-10H,4-5,8H2,1-3H3. The quantitative estimate of drug-likeness (QED) is 0.635. The third-order valence-corrected chi connectivity index (χ3v) is 5.19. The van der Waals surface area contributed by atoms with Gasteiger partial charge in [-0.25, -0.2) is 0 Å². The van der Waals surface area contributed by atoms with Crippen molar-refractivity contribution in [1.29, 1.82) is 0 Å². The molecule has 138 valence electrons. The summed E-state index contributed by atoms with van der Waals surface area (Å²) in [7, 11) is 1.55. The number of rotatable bonds is 6. The number of carbonyl (C=O) groups is 1. The molecule has 1 aromatic heterocycles. The van der Waals surface area contributed by atoms with Crippen LogP contribution in [-0.2, 0) is 6.42 Å². The summed E-state index contributed by atoms with van der Waals surface area (Å²) >= 11 is 12.3. The molecule has 3 rings (SSSR count). The fourth-order valence-electron chi connectivity index (χ4n) is 2.92. The zero-order valence-electron chi connectivity index (χ0n) is 14.8. The van der Waals surface area contributed by atoms with E-state index in [2.05, 4.69) is 4.98 Å². The zero-order valence-corrected chi connectivity index (χ0v) is 16.3. The van der Waals surface area contributed by atoms with E-state index in [4.69, 9.17) is 37.4 Å². The molecule has 2 heterocycles. The van der Waals surface area contributed by atoms with Crippen LogP contribution in [0.1, 0.15) is 42.6 Å². The molecule has 0 saturated carbocycles. The molecule has 0 radical (unpaired) electrons. The Morgan fingerprint density at radius 1 is 1.12 bits per heavy atom. The summed E-state index contributed by atoms with van der Waals surface area (Å²) in [5.74, 6) is 0.414. The highest BCUT2D eigenvalue weighted by Crippen LogP contribution is 2.50. The molecule has 0 spiro atoms. The van der Waals surface area contributed by atoms with Crippen molar-refractivity contribution >= 4 is 29.0 Å². The summed E-state index contributed by atoms with van der Waals surface area (Å²) in [6.07, 6.45) is 4.24. The predicted molar refractivity (Wildman–Crippen MR) is 99.9 cm³/mol. The van der Waals surface area contributed by atoms with Crippen molar-refractivity contribution in [2.45, 2.75) is 38.9 Å². The number of methoxy groups -OCH3 is 1. The van der Waals surface area contributed by atoms with E-state index < -0.39 is 5.79 Å². The lowest BCUT2D eigenvalue weighted by molar-refractivity contribution is -0.0850. The number of fused-ring (bicyclic) bond motifs is 1. The average molecular weight is 396 g/mol. The Bertz CT molecular complexity index is 829. The normalized spacial score (nSPS) is 14.3. The molecule has 1 aromatic carbocycles. The molecular weight excluding hydrogens is 377 g/mol. The number of ether oxygens (including phenoxy) is 3. The molecule has 1 aliphatic heterocycles. The fourth-order valence-corrected chi connectivity index (χ4v) is 3.42. The van der Waals surface area contributed by atoms with E-state index in [-0.39, 0.29) is 12.2 Å². The molecule has 0 unspecified atom stereocenters. The number of hydrogen-bond acceptors (Lipinski definition) is 5. The molecule has 0 bridgehead atoms. The second-order valence-electron chi connectivity index (χ2n) is 5.98. The summed E-state index contributed by atoms with van der Waals surface area (Å²) in [4.78, 5) is 16.9. The topological polar surface area (TPSA) is 57.7 Å². The molecule has 2 aromatic rings. The largest absolute Gasteiger partial charge is 0.493 e. The number of pyridine rings is 1. The molecule has 0 aliphatic carbocycles. The SMILES string of the molecule is CCC1(CC)Oc2c(OC)ccc(C(=O)Cc3c(Cl)cncc3Cl)c2O1. The van der Waals surface area contributed by atoms with E-state index in [9.17, 15) is 4.79 Å². The lowest BCUT2D eigenvalue weighted by Gasteiger charge is -2.24. The maximum Gasteiger partial charge on any atom is 0.251 e. The van der Waals surface area contributed by atoms with Gasteiger partial charge >= 0.3 is 0 Å². The number of nitrogens with zero attached hydrogens (tertiary/aromatic N) is 1. The predicted octanol–water partition coefficient (Wildman–Crippen LogP) is 5.11. The van der Waals surface area contributed by atoms with Crippen molar-refractivity contribution < 1.29 is 19.0 Å². The van der Waals surface area contributed by atoms with Crippen LogP contribution >= 0.6 is 23.2 Å². The summed E-state index contributed by atoms with van der Waals surface area (Å²) in [6.45, 7) is 3.94. The highest BCUT2D eigenvalue weighted by atomic mass is 35.5. The highest BCUT2D eigenvalue weighted by Gasteiger charge is 2.42. The van der Waals surface area contributed by atoms with Crippen molar-refractivity contribution in [1.82, 2.24) is 4.98 Å².